The van der Waals surface area contributed by atoms with E-state index in [9.17, 15) is 4.79 Å². The van der Waals surface area contributed by atoms with Crippen molar-refractivity contribution in [3.05, 3.63) is 78.0 Å². The van der Waals surface area contributed by atoms with E-state index in [-0.39, 0.29) is 5.91 Å². The van der Waals surface area contributed by atoms with Gasteiger partial charge in [0, 0.05) is 12.1 Å². The first kappa shape index (κ1) is 13.1. The Morgan fingerprint density at radius 2 is 1.67 bits per heavy atom. The summed E-state index contributed by atoms with van der Waals surface area (Å²) in [5.41, 5.74) is 3.30. The lowest BCUT2D eigenvalue weighted by atomic mass is 10.1. The fourth-order valence-electron chi connectivity index (χ4n) is 2.16. The molecule has 2 N–H and O–H groups in total. The fourth-order valence-corrected chi connectivity index (χ4v) is 2.16. The molecule has 1 aromatic heterocycles. The summed E-state index contributed by atoms with van der Waals surface area (Å²) in [6, 6.07) is 19.5. The molecule has 0 saturated heterocycles. The Labute approximate surface area is 122 Å². The molecule has 0 unspecified atom stereocenters. The highest BCUT2D eigenvalue weighted by atomic mass is 16.1. The van der Waals surface area contributed by atoms with Crippen molar-refractivity contribution in [1.29, 1.82) is 0 Å². The highest BCUT2D eigenvalue weighted by molar-refractivity contribution is 5.99. The van der Waals surface area contributed by atoms with Crippen molar-refractivity contribution in [3.63, 3.8) is 0 Å². The second-order valence-electron chi connectivity index (χ2n) is 4.69. The minimum Gasteiger partial charge on any atom is -0.348 e. The molecule has 2 aromatic carbocycles. The molecule has 0 bridgehead atoms. The number of benzene rings is 2. The van der Waals surface area contributed by atoms with Gasteiger partial charge in [0.1, 0.15) is 0 Å². The molecule has 0 spiro atoms. The number of carbonyl (C=O) groups is 1. The number of carbonyl (C=O) groups excluding carboxylic acids is 1. The Morgan fingerprint density at radius 3 is 2.38 bits per heavy atom. The van der Waals surface area contributed by atoms with Crippen molar-refractivity contribution in [1.82, 2.24) is 15.5 Å². The number of hydrogen-bond donors (Lipinski definition) is 2. The van der Waals surface area contributed by atoms with Gasteiger partial charge in [-0.3, -0.25) is 9.89 Å². The van der Waals surface area contributed by atoms with Crippen LogP contribution < -0.4 is 5.32 Å². The van der Waals surface area contributed by atoms with Crippen LogP contribution in [0, 0.1) is 0 Å². The van der Waals surface area contributed by atoms with Crippen LogP contribution in [0.15, 0.2) is 66.9 Å². The topological polar surface area (TPSA) is 57.8 Å². The monoisotopic (exact) mass is 277 g/mol. The number of aromatic nitrogens is 2. The smallest absolute Gasteiger partial charge is 0.255 e. The Kier molecular flexibility index (Phi) is 3.78. The maximum atomic E-state index is 12.3. The van der Waals surface area contributed by atoms with Crippen LogP contribution in [-0.2, 0) is 6.54 Å². The van der Waals surface area contributed by atoms with E-state index in [0.717, 1.165) is 16.8 Å². The maximum Gasteiger partial charge on any atom is 0.255 e. The number of aromatic amines is 1. The lowest BCUT2D eigenvalue weighted by Gasteiger charge is -2.06. The SMILES string of the molecule is O=C(NCc1ccccc1)c1cn[nH]c1-c1ccccc1. The third kappa shape index (κ3) is 3.00. The number of amides is 1. The van der Waals surface area contributed by atoms with Crippen molar-refractivity contribution in [3.8, 4) is 11.3 Å². The van der Waals surface area contributed by atoms with Gasteiger partial charge in [0.05, 0.1) is 17.5 Å². The van der Waals surface area contributed by atoms with Crippen molar-refractivity contribution in [2.24, 2.45) is 0 Å². The van der Waals surface area contributed by atoms with Gasteiger partial charge in [-0.1, -0.05) is 60.7 Å². The summed E-state index contributed by atoms with van der Waals surface area (Å²) < 4.78 is 0. The average molecular weight is 277 g/mol. The molecule has 0 atom stereocenters. The van der Waals surface area contributed by atoms with E-state index < -0.39 is 0 Å². The normalized spacial score (nSPS) is 10.3. The first-order valence-corrected chi connectivity index (χ1v) is 6.75. The zero-order chi connectivity index (χ0) is 14.5. The molecule has 3 rings (SSSR count). The van der Waals surface area contributed by atoms with Crippen molar-refractivity contribution in [2.45, 2.75) is 6.54 Å². The first-order valence-electron chi connectivity index (χ1n) is 6.75. The largest absolute Gasteiger partial charge is 0.348 e. The number of rotatable bonds is 4. The van der Waals surface area contributed by atoms with Crippen molar-refractivity contribution in [2.75, 3.05) is 0 Å². The summed E-state index contributed by atoms with van der Waals surface area (Å²) >= 11 is 0. The zero-order valence-corrected chi connectivity index (χ0v) is 11.4. The molecule has 0 aliphatic rings. The Balaban J connectivity index is 1.76. The maximum absolute atomic E-state index is 12.3. The van der Waals surface area contributed by atoms with Crippen molar-refractivity contribution < 1.29 is 4.79 Å². The molecule has 3 aromatic rings. The van der Waals surface area contributed by atoms with E-state index in [2.05, 4.69) is 15.5 Å². The van der Waals surface area contributed by atoms with Crippen LogP contribution in [0.3, 0.4) is 0 Å². The predicted octanol–water partition coefficient (Wildman–Crippen LogP) is 3.01. The highest BCUT2D eigenvalue weighted by Crippen LogP contribution is 2.20. The Hall–Kier alpha value is -2.88. The predicted molar refractivity (Wildman–Crippen MR) is 81.6 cm³/mol. The van der Waals surface area contributed by atoms with Crippen LogP contribution in [0.25, 0.3) is 11.3 Å². The standard InChI is InChI=1S/C17H15N3O/c21-17(18-11-13-7-3-1-4-8-13)15-12-19-20-16(15)14-9-5-2-6-10-14/h1-10,12H,11H2,(H,18,21)(H,19,20). The van der Waals surface area contributed by atoms with Crippen LogP contribution >= 0.6 is 0 Å². The molecule has 0 fully saturated rings. The van der Waals surface area contributed by atoms with Gasteiger partial charge in [-0.05, 0) is 5.56 Å². The third-order valence-corrected chi connectivity index (χ3v) is 3.24. The fraction of sp³-hybridized carbons (Fsp3) is 0.0588. The van der Waals surface area contributed by atoms with Gasteiger partial charge in [0.15, 0.2) is 0 Å². The number of nitrogens with zero attached hydrogens (tertiary/aromatic N) is 1. The van der Waals surface area contributed by atoms with Crippen LogP contribution in [0.2, 0.25) is 0 Å². The third-order valence-electron chi connectivity index (χ3n) is 3.24. The molecule has 0 aliphatic carbocycles. The summed E-state index contributed by atoms with van der Waals surface area (Å²) in [5, 5.41) is 9.79. The summed E-state index contributed by atoms with van der Waals surface area (Å²) in [6.45, 7) is 0.499. The van der Waals surface area contributed by atoms with Gasteiger partial charge < -0.3 is 5.32 Å². The Morgan fingerprint density at radius 1 is 1.00 bits per heavy atom. The van der Waals surface area contributed by atoms with E-state index >= 15 is 0 Å². The quantitative estimate of drug-likeness (QED) is 0.770. The first-order chi connectivity index (χ1) is 10.3. The molecule has 21 heavy (non-hydrogen) atoms. The molecule has 4 heteroatoms. The van der Waals surface area contributed by atoms with Crippen molar-refractivity contribution >= 4 is 5.91 Å². The second kappa shape index (κ2) is 6.05. The van der Waals surface area contributed by atoms with Gasteiger partial charge in [0.2, 0.25) is 0 Å². The van der Waals surface area contributed by atoms with E-state index in [1.54, 1.807) is 6.20 Å². The van der Waals surface area contributed by atoms with E-state index in [0.29, 0.717) is 12.1 Å². The molecule has 0 radical (unpaired) electrons. The van der Waals surface area contributed by atoms with Crippen LogP contribution in [-0.4, -0.2) is 16.1 Å². The molecule has 1 heterocycles. The molecule has 0 aliphatic heterocycles. The van der Waals surface area contributed by atoms with Gasteiger partial charge >= 0.3 is 0 Å². The Bertz CT molecular complexity index is 720. The molecule has 4 nitrogen and oxygen atoms in total. The van der Waals surface area contributed by atoms with E-state index in [4.69, 9.17) is 0 Å². The van der Waals surface area contributed by atoms with Crippen LogP contribution in [0.5, 0.6) is 0 Å². The molecule has 0 saturated carbocycles. The zero-order valence-electron chi connectivity index (χ0n) is 11.4. The van der Waals surface area contributed by atoms with Gasteiger partial charge in [-0.2, -0.15) is 5.10 Å². The lowest BCUT2D eigenvalue weighted by Crippen LogP contribution is -2.22. The van der Waals surface area contributed by atoms with Crippen LogP contribution in [0.1, 0.15) is 15.9 Å². The number of hydrogen-bond acceptors (Lipinski definition) is 2. The van der Waals surface area contributed by atoms with Gasteiger partial charge in [0.25, 0.3) is 5.91 Å². The number of nitrogens with one attached hydrogen (secondary N) is 2. The number of H-pyrrole nitrogens is 1. The van der Waals surface area contributed by atoms with E-state index in [1.165, 1.54) is 0 Å². The van der Waals surface area contributed by atoms with Gasteiger partial charge in [-0.15, -0.1) is 0 Å². The van der Waals surface area contributed by atoms with Crippen LogP contribution in [0.4, 0.5) is 0 Å². The minimum absolute atomic E-state index is 0.133. The summed E-state index contributed by atoms with van der Waals surface area (Å²) in [4.78, 5) is 12.3. The minimum atomic E-state index is -0.133. The molecular formula is C17H15N3O. The molecular weight excluding hydrogens is 262 g/mol. The summed E-state index contributed by atoms with van der Waals surface area (Å²) in [6.07, 6.45) is 1.56. The average Bonchev–Trinajstić information content (AvgIpc) is 3.04. The lowest BCUT2D eigenvalue weighted by molar-refractivity contribution is 0.0951. The second-order valence-corrected chi connectivity index (χ2v) is 4.69. The summed E-state index contributed by atoms with van der Waals surface area (Å²) in [7, 11) is 0. The highest BCUT2D eigenvalue weighted by Gasteiger charge is 2.14. The molecule has 104 valence electrons. The van der Waals surface area contributed by atoms with E-state index in [1.807, 2.05) is 60.7 Å². The molecule has 1 amide bonds. The van der Waals surface area contributed by atoms with Gasteiger partial charge in [-0.25, -0.2) is 0 Å². The summed E-state index contributed by atoms with van der Waals surface area (Å²) in [5.74, 6) is -0.133.